The summed E-state index contributed by atoms with van der Waals surface area (Å²) >= 11 is 0. The third kappa shape index (κ3) is 5.12. The van der Waals surface area contributed by atoms with E-state index < -0.39 is 12.0 Å². The smallest absolute Gasteiger partial charge is 0.170 e. The summed E-state index contributed by atoms with van der Waals surface area (Å²) in [6.07, 6.45) is -1.43. The zero-order valence-electron chi connectivity index (χ0n) is 12.2. The SMILES string of the molecule is CC(=O)C(F)CN(Cc1ccccc1)Cc1ccccc1. The van der Waals surface area contributed by atoms with Crippen molar-refractivity contribution >= 4 is 5.78 Å². The van der Waals surface area contributed by atoms with Crippen molar-refractivity contribution in [1.82, 2.24) is 4.90 Å². The highest BCUT2D eigenvalue weighted by atomic mass is 19.1. The number of hydrogen-bond donors (Lipinski definition) is 0. The second-order valence-corrected chi connectivity index (χ2v) is 5.22. The number of nitrogens with zero attached hydrogens (tertiary/aromatic N) is 1. The largest absolute Gasteiger partial charge is 0.297 e. The van der Waals surface area contributed by atoms with Gasteiger partial charge in [-0.2, -0.15) is 0 Å². The molecule has 2 aromatic carbocycles. The lowest BCUT2D eigenvalue weighted by atomic mass is 10.1. The van der Waals surface area contributed by atoms with Gasteiger partial charge < -0.3 is 0 Å². The molecule has 2 rings (SSSR count). The number of rotatable bonds is 7. The van der Waals surface area contributed by atoms with Crippen LogP contribution in [-0.4, -0.2) is 23.4 Å². The Hall–Kier alpha value is -2.00. The van der Waals surface area contributed by atoms with Crippen LogP contribution in [0.25, 0.3) is 0 Å². The van der Waals surface area contributed by atoms with Crippen molar-refractivity contribution in [3.63, 3.8) is 0 Å². The predicted octanol–water partition coefficient (Wildman–Crippen LogP) is 3.62. The summed E-state index contributed by atoms with van der Waals surface area (Å²) in [4.78, 5) is 13.2. The first kappa shape index (κ1) is 15.4. The van der Waals surface area contributed by atoms with E-state index in [0.717, 1.165) is 11.1 Å². The van der Waals surface area contributed by atoms with Gasteiger partial charge in [-0.1, -0.05) is 60.7 Å². The predicted molar refractivity (Wildman–Crippen MR) is 82.6 cm³/mol. The Kier molecular flexibility index (Phi) is 5.64. The van der Waals surface area contributed by atoms with E-state index in [1.165, 1.54) is 6.92 Å². The Labute approximate surface area is 125 Å². The summed E-state index contributed by atoms with van der Waals surface area (Å²) in [5, 5.41) is 0. The molecule has 0 aromatic heterocycles. The number of hydrogen-bond acceptors (Lipinski definition) is 2. The van der Waals surface area contributed by atoms with Crippen LogP contribution in [0.1, 0.15) is 18.1 Å². The Morgan fingerprint density at radius 2 is 1.38 bits per heavy atom. The van der Waals surface area contributed by atoms with Gasteiger partial charge in [0.05, 0.1) is 0 Å². The lowest BCUT2D eigenvalue weighted by Gasteiger charge is -2.23. The number of alkyl halides is 1. The van der Waals surface area contributed by atoms with Gasteiger partial charge in [0.15, 0.2) is 12.0 Å². The number of carbonyl (C=O) groups is 1. The molecule has 2 nitrogen and oxygen atoms in total. The molecule has 1 unspecified atom stereocenters. The van der Waals surface area contributed by atoms with E-state index in [4.69, 9.17) is 0 Å². The molecule has 0 aliphatic heterocycles. The van der Waals surface area contributed by atoms with Crippen LogP contribution in [0.4, 0.5) is 4.39 Å². The van der Waals surface area contributed by atoms with E-state index >= 15 is 0 Å². The van der Waals surface area contributed by atoms with Crippen molar-refractivity contribution in [2.45, 2.75) is 26.2 Å². The molecule has 0 N–H and O–H groups in total. The topological polar surface area (TPSA) is 20.3 Å². The fraction of sp³-hybridized carbons (Fsp3) is 0.278. The maximum Gasteiger partial charge on any atom is 0.170 e. The monoisotopic (exact) mass is 285 g/mol. The summed E-state index contributed by atoms with van der Waals surface area (Å²) in [5.74, 6) is -0.416. The highest BCUT2D eigenvalue weighted by molar-refractivity contribution is 5.80. The van der Waals surface area contributed by atoms with Crippen LogP contribution >= 0.6 is 0 Å². The molecule has 110 valence electrons. The first-order valence-electron chi connectivity index (χ1n) is 7.10. The molecule has 0 saturated carbocycles. The van der Waals surface area contributed by atoms with Crippen LogP contribution in [0.15, 0.2) is 60.7 Å². The Balaban J connectivity index is 2.08. The van der Waals surface area contributed by atoms with E-state index in [2.05, 4.69) is 0 Å². The average Bonchev–Trinajstić information content (AvgIpc) is 2.49. The molecule has 0 amide bonds. The van der Waals surface area contributed by atoms with Crippen molar-refractivity contribution in [2.75, 3.05) is 6.54 Å². The van der Waals surface area contributed by atoms with Crippen LogP contribution in [0.3, 0.4) is 0 Å². The van der Waals surface area contributed by atoms with Gasteiger partial charge in [-0.3, -0.25) is 9.69 Å². The van der Waals surface area contributed by atoms with Crippen LogP contribution in [0.5, 0.6) is 0 Å². The standard InChI is InChI=1S/C18H20FNO/c1-15(21)18(19)14-20(12-16-8-4-2-5-9-16)13-17-10-6-3-7-11-17/h2-11,18H,12-14H2,1H3. The van der Waals surface area contributed by atoms with Crippen molar-refractivity contribution < 1.29 is 9.18 Å². The van der Waals surface area contributed by atoms with Crippen LogP contribution in [0, 0.1) is 0 Å². The molecule has 0 aliphatic rings. The molecular weight excluding hydrogens is 265 g/mol. The summed E-state index contributed by atoms with van der Waals surface area (Å²) in [6, 6.07) is 19.8. The van der Waals surface area contributed by atoms with Crippen molar-refractivity contribution in [1.29, 1.82) is 0 Å². The van der Waals surface area contributed by atoms with Crippen molar-refractivity contribution in [3.05, 3.63) is 71.8 Å². The molecule has 1 atom stereocenters. The molecule has 0 heterocycles. The number of Topliss-reactive ketones (excluding diaryl/α,β-unsaturated/α-hetero) is 1. The summed E-state index contributed by atoms with van der Waals surface area (Å²) in [7, 11) is 0. The fourth-order valence-corrected chi connectivity index (χ4v) is 2.22. The minimum atomic E-state index is -1.43. The van der Waals surface area contributed by atoms with E-state index in [9.17, 15) is 9.18 Å². The molecule has 0 radical (unpaired) electrons. The van der Waals surface area contributed by atoms with Gasteiger partial charge in [0, 0.05) is 19.6 Å². The second-order valence-electron chi connectivity index (χ2n) is 5.22. The molecule has 0 saturated heterocycles. The number of halogens is 1. The maximum absolute atomic E-state index is 13.8. The Morgan fingerprint density at radius 1 is 0.952 bits per heavy atom. The van der Waals surface area contributed by atoms with E-state index in [1.807, 2.05) is 65.6 Å². The van der Waals surface area contributed by atoms with Crippen LogP contribution < -0.4 is 0 Å². The van der Waals surface area contributed by atoms with Crippen LogP contribution in [0.2, 0.25) is 0 Å². The van der Waals surface area contributed by atoms with Gasteiger partial charge in [-0.05, 0) is 18.1 Å². The zero-order valence-corrected chi connectivity index (χ0v) is 12.2. The molecule has 0 aliphatic carbocycles. The molecular formula is C18H20FNO. The summed E-state index contributed by atoms with van der Waals surface area (Å²) < 4.78 is 13.8. The molecule has 0 spiro atoms. The lowest BCUT2D eigenvalue weighted by molar-refractivity contribution is -0.122. The van der Waals surface area contributed by atoms with E-state index in [1.54, 1.807) is 0 Å². The second kappa shape index (κ2) is 7.70. The fourth-order valence-electron chi connectivity index (χ4n) is 2.22. The average molecular weight is 285 g/mol. The van der Waals surface area contributed by atoms with Crippen molar-refractivity contribution in [3.8, 4) is 0 Å². The zero-order chi connectivity index (χ0) is 15.1. The third-order valence-corrected chi connectivity index (χ3v) is 3.36. The molecule has 2 aromatic rings. The van der Waals surface area contributed by atoms with Gasteiger partial charge in [0.2, 0.25) is 0 Å². The quantitative estimate of drug-likeness (QED) is 0.774. The number of ketones is 1. The molecule has 0 fully saturated rings. The first-order valence-corrected chi connectivity index (χ1v) is 7.10. The van der Waals surface area contributed by atoms with Gasteiger partial charge >= 0.3 is 0 Å². The van der Waals surface area contributed by atoms with Crippen molar-refractivity contribution in [2.24, 2.45) is 0 Å². The minimum Gasteiger partial charge on any atom is -0.297 e. The normalized spacial score (nSPS) is 12.3. The first-order chi connectivity index (χ1) is 10.1. The minimum absolute atomic E-state index is 0.124. The Bertz CT molecular complexity index is 514. The number of benzene rings is 2. The summed E-state index contributed by atoms with van der Waals surface area (Å²) in [5.41, 5.74) is 2.23. The van der Waals surface area contributed by atoms with Gasteiger partial charge in [-0.15, -0.1) is 0 Å². The molecule has 3 heteroatoms. The van der Waals surface area contributed by atoms with Gasteiger partial charge in [-0.25, -0.2) is 4.39 Å². The van der Waals surface area contributed by atoms with Gasteiger partial charge in [0.25, 0.3) is 0 Å². The van der Waals surface area contributed by atoms with E-state index in [0.29, 0.717) is 13.1 Å². The van der Waals surface area contributed by atoms with Gasteiger partial charge in [0.1, 0.15) is 0 Å². The lowest BCUT2D eigenvalue weighted by Crippen LogP contribution is -2.33. The highest BCUT2D eigenvalue weighted by Crippen LogP contribution is 2.11. The van der Waals surface area contributed by atoms with Crippen LogP contribution in [-0.2, 0) is 17.9 Å². The third-order valence-electron chi connectivity index (χ3n) is 3.36. The Morgan fingerprint density at radius 3 is 1.76 bits per heavy atom. The molecule has 21 heavy (non-hydrogen) atoms. The molecule has 0 bridgehead atoms. The summed E-state index contributed by atoms with van der Waals surface area (Å²) in [6.45, 7) is 2.68. The highest BCUT2D eigenvalue weighted by Gasteiger charge is 2.17. The maximum atomic E-state index is 13.8. The number of carbonyl (C=O) groups excluding carboxylic acids is 1. The van der Waals surface area contributed by atoms with E-state index in [-0.39, 0.29) is 6.54 Å².